The highest BCUT2D eigenvalue weighted by Gasteiger charge is 2.17. The molecule has 0 aliphatic heterocycles. The molecular weight excluding hydrogens is 278 g/mol. The van der Waals surface area contributed by atoms with Crippen LogP contribution in [0, 0.1) is 0 Å². The van der Waals surface area contributed by atoms with Gasteiger partial charge in [-0.05, 0) is 23.6 Å². The van der Waals surface area contributed by atoms with E-state index in [2.05, 4.69) is 11.1 Å². The minimum Gasteiger partial charge on any atom is -0.495 e. The van der Waals surface area contributed by atoms with Crippen molar-refractivity contribution in [2.45, 2.75) is 12.5 Å². The maximum absolute atomic E-state index is 10.3. The largest absolute Gasteiger partial charge is 0.495 e. The summed E-state index contributed by atoms with van der Waals surface area (Å²) in [7, 11) is 1.62. The summed E-state index contributed by atoms with van der Waals surface area (Å²) < 4.78 is 6.39. The highest BCUT2D eigenvalue weighted by atomic mass is 32.1. The molecule has 1 N–H and O–H groups in total. The number of methoxy groups -OCH3 is 1. The molecule has 0 amide bonds. The number of aliphatic hydroxyl groups excluding tert-OH is 1. The van der Waals surface area contributed by atoms with Crippen molar-refractivity contribution >= 4 is 32.9 Å². The van der Waals surface area contributed by atoms with Crippen molar-refractivity contribution in [2.75, 3.05) is 7.11 Å². The standard InChI is InChI=1S/C14H13NO2S2/c1-17-11-6-7-18-14(11)10(16)8-13-15-9-4-2-3-5-12(9)19-13/h2-7,10,16H,8H2,1H3. The highest BCUT2D eigenvalue weighted by Crippen LogP contribution is 2.34. The summed E-state index contributed by atoms with van der Waals surface area (Å²) in [5, 5.41) is 13.2. The van der Waals surface area contributed by atoms with Crippen LogP contribution in [0.1, 0.15) is 16.0 Å². The number of aromatic nitrogens is 1. The minimum absolute atomic E-state index is 0.524. The summed E-state index contributed by atoms with van der Waals surface area (Å²) in [5.74, 6) is 0.749. The molecule has 0 saturated carbocycles. The molecule has 0 spiro atoms. The van der Waals surface area contributed by atoms with E-state index in [1.54, 1.807) is 18.4 Å². The number of benzene rings is 1. The van der Waals surface area contributed by atoms with Crippen LogP contribution in [0.5, 0.6) is 5.75 Å². The van der Waals surface area contributed by atoms with Crippen molar-refractivity contribution in [3.05, 3.63) is 45.6 Å². The Kier molecular flexibility index (Phi) is 3.50. The average molecular weight is 291 g/mol. The van der Waals surface area contributed by atoms with Crippen LogP contribution < -0.4 is 4.74 Å². The molecule has 1 aromatic carbocycles. The number of hydrogen-bond donors (Lipinski definition) is 1. The summed E-state index contributed by atoms with van der Waals surface area (Å²) in [5.41, 5.74) is 0.993. The van der Waals surface area contributed by atoms with Gasteiger partial charge >= 0.3 is 0 Å². The van der Waals surface area contributed by atoms with Crippen LogP contribution in [0.4, 0.5) is 0 Å². The van der Waals surface area contributed by atoms with Crippen LogP contribution >= 0.6 is 22.7 Å². The van der Waals surface area contributed by atoms with Gasteiger partial charge in [-0.2, -0.15) is 0 Å². The number of aliphatic hydroxyl groups is 1. The van der Waals surface area contributed by atoms with E-state index < -0.39 is 6.10 Å². The number of para-hydroxylation sites is 1. The smallest absolute Gasteiger partial charge is 0.135 e. The quantitative estimate of drug-likeness (QED) is 0.798. The first-order chi connectivity index (χ1) is 9.28. The summed E-state index contributed by atoms with van der Waals surface area (Å²) in [6, 6.07) is 9.90. The van der Waals surface area contributed by atoms with Gasteiger partial charge in [-0.1, -0.05) is 12.1 Å². The molecule has 0 bridgehead atoms. The predicted molar refractivity (Wildman–Crippen MR) is 79.2 cm³/mol. The van der Waals surface area contributed by atoms with Gasteiger partial charge in [0, 0.05) is 6.42 Å². The molecule has 0 fully saturated rings. The fourth-order valence-electron chi connectivity index (χ4n) is 1.99. The van der Waals surface area contributed by atoms with Crippen LogP contribution in [0.3, 0.4) is 0 Å². The molecular formula is C14H13NO2S2. The van der Waals surface area contributed by atoms with Gasteiger partial charge in [-0.3, -0.25) is 0 Å². The van der Waals surface area contributed by atoms with E-state index in [1.165, 1.54) is 11.3 Å². The number of rotatable bonds is 4. The third-order valence-electron chi connectivity index (χ3n) is 2.89. The normalized spacial score (nSPS) is 12.7. The number of thiophene rings is 1. The average Bonchev–Trinajstić information content (AvgIpc) is 3.03. The van der Waals surface area contributed by atoms with Crippen molar-refractivity contribution in [1.29, 1.82) is 0 Å². The van der Waals surface area contributed by atoms with Crippen LogP contribution in [0.15, 0.2) is 35.7 Å². The van der Waals surface area contributed by atoms with E-state index in [0.29, 0.717) is 6.42 Å². The molecule has 2 aromatic heterocycles. The molecule has 0 aliphatic rings. The summed E-state index contributed by atoms with van der Waals surface area (Å²) in [6.07, 6.45) is -0.0357. The van der Waals surface area contributed by atoms with Crippen LogP contribution in [-0.2, 0) is 6.42 Å². The van der Waals surface area contributed by atoms with Gasteiger partial charge in [0.2, 0.25) is 0 Å². The lowest BCUT2D eigenvalue weighted by Gasteiger charge is -2.08. The van der Waals surface area contributed by atoms with Gasteiger partial charge in [0.25, 0.3) is 0 Å². The maximum atomic E-state index is 10.3. The predicted octanol–water partition coefficient (Wildman–Crippen LogP) is 3.64. The molecule has 0 radical (unpaired) electrons. The van der Waals surface area contributed by atoms with Crippen molar-refractivity contribution in [1.82, 2.24) is 4.98 Å². The number of thiazole rings is 1. The van der Waals surface area contributed by atoms with Gasteiger partial charge < -0.3 is 9.84 Å². The Morgan fingerprint density at radius 2 is 2.16 bits per heavy atom. The molecule has 98 valence electrons. The zero-order valence-electron chi connectivity index (χ0n) is 10.4. The Morgan fingerprint density at radius 1 is 1.32 bits per heavy atom. The Bertz CT molecular complexity index is 656. The third-order valence-corrected chi connectivity index (χ3v) is 4.94. The van der Waals surface area contributed by atoms with Crippen molar-refractivity contribution in [3.63, 3.8) is 0 Å². The van der Waals surface area contributed by atoms with E-state index in [0.717, 1.165) is 25.9 Å². The zero-order chi connectivity index (χ0) is 13.2. The van der Waals surface area contributed by atoms with E-state index >= 15 is 0 Å². The fourth-order valence-corrected chi connectivity index (χ4v) is 3.84. The second kappa shape index (κ2) is 5.28. The Labute approximate surface area is 119 Å². The topological polar surface area (TPSA) is 42.4 Å². The molecule has 3 aromatic rings. The molecule has 1 atom stereocenters. The molecule has 5 heteroatoms. The lowest BCUT2D eigenvalue weighted by atomic mass is 10.2. The molecule has 2 heterocycles. The van der Waals surface area contributed by atoms with Crippen LogP contribution in [0.25, 0.3) is 10.2 Å². The van der Waals surface area contributed by atoms with Crippen LogP contribution in [0.2, 0.25) is 0 Å². The van der Waals surface area contributed by atoms with E-state index in [-0.39, 0.29) is 0 Å². The molecule has 0 aliphatic carbocycles. The Morgan fingerprint density at radius 3 is 2.95 bits per heavy atom. The highest BCUT2D eigenvalue weighted by molar-refractivity contribution is 7.18. The lowest BCUT2D eigenvalue weighted by Crippen LogP contribution is -2.01. The number of ether oxygens (including phenoxy) is 1. The molecule has 3 nitrogen and oxygen atoms in total. The summed E-state index contributed by atoms with van der Waals surface area (Å²) >= 11 is 3.14. The first-order valence-electron chi connectivity index (χ1n) is 5.92. The number of fused-ring (bicyclic) bond motifs is 1. The first kappa shape index (κ1) is 12.6. The second-order valence-electron chi connectivity index (χ2n) is 4.15. The maximum Gasteiger partial charge on any atom is 0.135 e. The van der Waals surface area contributed by atoms with E-state index in [4.69, 9.17) is 4.74 Å². The number of hydrogen-bond acceptors (Lipinski definition) is 5. The fraction of sp³-hybridized carbons (Fsp3) is 0.214. The minimum atomic E-state index is -0.560. The molecule has 3 rings (SSSR count). The summed E-state index contributed by atoms with van der Waals surface area (Å²) in [6.45, 7) is 0. The van der Waals surface area contributed by atoms with Gasteiger partial charge in [0.05, 0.1) is 33.3 Å². The van der Waals surface area contributed by atoms with Crippen molar-refractivity contribution in [3.8, 4) is 5.75 Å². The Hall–Kier alpha value is -1.43. The van der Waals surface area contributed by atoms with Gasteiger partial charge in [-0.15, -0.1) is 22.7 Å². The molecule has 1 unspecified atom stereocenters. The lowest BCUT2D eigenvalue weighted by molar-refractivity contribution is 0.178. The molecule has 19 heavy (non-hydrogen) atoms. The van der Waals surface area contributed by atoms with Gasteiger partial charge in [-0.25, -0.2) is 4.98 Å². The van der Waals surface area contributed by atoms with E-state index in [9.17, 15) is 5.11 Å². The second-order valence-corrected chi connectivity index (χ2v) is 6.21. The van der Waals surface area contributed by atoms with Crippen molar-refractivity contribution in [2.24, 2.45) is 0 Å². The first-order valence-corrected chi connectivity index (χ1v) is 7.61. The zero-order valence-corrected chi connectivity index (χ0v) is 12.0. The van der Waals surface area contributed by atoms with Gasteiger partial charge in [0.1, 0.15) is 5.75 Å². The summed E-state index contributed by atoms with van der Waals surface area (Å²) in [4.78, 5) is 5.40. The third kappa shape index (κ3) is 2.49. The van der Waals surface area contributed by atoms with Gasteiger partial charge in [0.15, 0.2) is 0 Å². The van der Waals surface area contributed by atoms with Crippen molar-refractivity contribution < 1.29 is 9.84 Å². The van der Waals surface area contributed by atoms with E-state index in [1.807, 2.05) is 29.6 Å². The SMILES string of the molecule is COc1ccsc1C(O)Cc1nc2ccccc2s1. The van der Waals surface area contributed by atoms with Crippen LogP contribution in [-0.4, -0.2) is 17.2 Å². The molecule has 0 saturated heterocycles. The number of nitrogens with zero attached hydrogens (tertiary/aromatic N) is 1. The monoisotopic (exact) mass is 291 g/mol. The Balaban J connectivity index is 1.84.